The molecule has 26 heavy (non-hydrogen) atoms. The summed E-state index contributed by atoms with van der Waals surface area (Å²) >= 11 is 6.25. The molecular formula is C22H18ClNO2. The summed E-state index contributed by atoms with van der Waals surface area (Å²) in [7, 11) is 0. The number of anilines is 1. The lowest BCUT2D eigenvalue weighted by molar-refractivity contribution is -0.115. The lowest BCUT2D eigenvalue weighted by Crippen LogP contribution is -2.46. The van der Waals surface area contributed by atoms with Crippen LogP contribution in [0.15, 0.2) is 72.8 Å². The number of rotatable bonds is 2. The van der Waals surface area contributed by atoms with Crippen LogP contribution >= 0.6 is 11.6 Å². The zero-order chi connectivity index (χ0) is 17.6. The van der Waals surface area contributed by atoms with E-state index in [2.05, 4.69) is 23.5 Å². The third-order valence-corrected chi connectivity index (χ3v) is 5.24. The third kappa shape index (κ3) is 2.69. The fraction of sp³-hybridized carbons (Fsp3) is 0.182. The summed E-state index contributed by atoms with van der Waals surface area (Å²) in [5.74, 6) is 1.04. The normalized spacial score (nSPS) is 22.9. The number of benzene rings is 3. The van der Waals surface area contributed by atoms with E-state index in [0.717, 1.165) is 29.2 Å². The number of fused-ring (bicyclic) bond motifs is 2. The molecule has 2 atom stereocenters. The number of halogens is 1. The highest BCUT2D eigenvalue weighted by Crippen LogP contribution is 2.48. The molecule has 130 valence electrons. The zero-order valence-corrected chi connectivity index (χ0v) is 14.9. The first kappa shape index (κ1) is 15.6. The second-order valence-electron chi connectivity index (χ2n) is 6.85. The molecule has 4 heteroatoms. The van der Waals surface area contributed by atoms with Crippen LogP contribution in [0, 0.1) is 0 Å². The molecule has 3 aromatic rings. The smallest absolute Gasteiger partial charge is 0.257 e. The van der Waals surface area contributed by atoms with Gasteiger partial charge in [-0.05, 0) is 36.4 Å². The predicted molar refractivity (Wildman–Crippen MR) is 103 cm³/mol. The molecular weight excluding hydrogens is 346 g/mol. The Bertz CT molecular complexity index is 932. The van der Waals surface area contributed by atoms with Crippen molar-refractivity contribution in [2.45, 2.75) is 24.7 Å². The van der Waals surface area contributed by atoms with E-state index in [0.29, 0.717) is 11.4 Å². The average Bonchev–Trinajstić information content (AvgIpc) is 3.00. The Hall–Kier alpha value is -2.65. The minimum Gasteiger partial charge on any atom is -0.452 e. The van der Waals surface area contributed by atoms with Crippen LogP contribution in [0.1, 0.15) is 23.6 Å². The fourth-order valence-electron chi connectivity index (χ4n) is 3.86. The molecule has 0 saturated heterocycles. The topological polar surface area (TPSA) is 30.5 Å². The summed E-state index contributed by atoms with van der Waals surface area (Å²) in [5.41, 5.74) is 3.31. The van der Waals surface area contributed by atoms with Gasteiger partial charge in [0.1, 0.15) is 11.5 Å². The van der Waals surface area contributed by atoms with Gasteiger partial charge in [-0.2, -0.15) is 0 Å². The van der Waals surface area contributed by atoms with Gasteiger partial charge in [-0.15, -0.1) is 0 Å². The monoisotopic (exact) mass is 363 g/mol. The Morgan fingerprint density at radius 3 is 2.50 bits per heavy atom. The second kappa shape index (κ2) is 5.96. The van der Waals surface area contributed by atoms with Crippen LogP contribution in [-0.2, 0) is 6.42 Å². The molecule has 1 N–H and O–H groups in total. The van der Waals surface area contributed by atoms with Crippen LogP contribution in [0.4, 0.5) is 5.69 Å². The van der Waals surface area contributed by atoms with Crippen LogP contribution in [-0.4, -0.2) is 5.79 Å². The highest BCUT2D eigenvalue weighted by atomic mass is 35.5. The molecule has 0 amide bonds. The minimum absolute atomic E-state index is 0.0502. The first-order valence-corrected chi connectivity index (χ1v) is 9.16. The first-order valence-electron chi connectivity index (χ1n) is 8.78. The van der Waals surface area contributed by atoms with Gasteiger partial charge in [0.2, 0.25) is 0 Å². The summed E-state index contributed by atoms with van der Waals surface area (Å²) in [6.07, 6.45) is 1.43. The van der Waals surface area contributed by atoms with E-state index >= 15 is 0 Å². The van der Waals surface area contributed by atoms with Gasteiger partial charge in [0.15, 0.2) is 0 Å². The van der Waals surface area contributed by atoms with Crippen molar-refractivity contribution >= 4 is 17.3 Å². The molecule has 0 radical (unpaired) electrons. The van der Waals surface area contributed by atoms with Crippen molar-refractivity contribution in [1.29, 1.82) is 0 Å². The van der Waals surface area contributed by atoms with E-state index in [-0.39, 0.29) is 6.04 Å². The van der Waals surface area contributed by atoms with Crippen LogP contribution in [0.3, 0.4) is 0 Å². The molecule has 5 rings (SSSR count). The minimum atomic E-state index is -0.684. The quantitative estimate of drug-likeness (QED) is 0.642. The molecule has 0 unspecified atom stereocenters. The Kier molecular flexibility index (Phi) is 3.57. The van der Waals surface area contributed by atoms with E-state index in [1.54, 1.807) is 0 Å². The van der Waals surface area contributed by atoms with Crippen molar-refractivity contribution in [2.75, 3.05) is 5.32 Å². The molecule has 3 nitrogen and oxygen atoms in total. The second-order valence-corrected chi connectivity index (χ2v) is 7.28. The van der Waals surface area contributed by atoms with Gasteiger partial charge < -0.3 is 14.8 Å². The van der Waals surface area contributed by atoms with Crippen molar-refractivity contribution in [3.05, 3.63) is 88.9 Å². The molecule has 2 aliphatic heterocycles. The van der Waals surface area contributed by atoms with Gasteiger partial charge in [-0.1, -0.05) is 48.0 Å². The molecule has 0 fully saturated rings. The molecule has 0 aromatic heterocycles. The van der Waals surface area contributed by atoms with E-state index in [4.69, 9.17) is 21.1 Å². The summed E-state index contributed by atoms with van der Waals surface area (Å²) in [4.78, 5) is 0. The molecule has 2 aliphatic rings. The van der Waals surface area contributed by atoms with Crippen LogP contribution in [0.5, 0.6) is 11.5 Å². The van der Waals surface area contributed by atoms with E-state index < -0.39 is 5.79 Å². The summed E-state index contributed by atoms with van der Waals surface area (Å²) in [5, 5.41) is 4.33. The highest BCUT2D eigenvalue weighted by Gasteiger charge is 2.47. The number of para-hydroxylation sites is 2. The maximum absolute atomic E-state index is 6.36. The van der Waals surface area contributed by atoms with Crippen molar-refractivity contribution in [3.8, 4) is 11.5 Å². The first-order chi connectivity index (χ1) is 12.7. The van der Waals surface area contributed by atoms with Crippen molar-refractivity contribution in [2.24, 2.45) is 0 Å². The van der Waals surface area contributed by atoms with Crippen molar-refractivity contribution in [1.82, 2.24) is 0 Å². The average molecular weight is 364 g/mol. The van der Waals surface area contributed by atoms with Gasteiger partial charge in [0.25, 0.3) is 5.79 Å². The van der Waals surface area contributed by atoms with Crippen molar-refractivity contribution in [3.63, 3.8) is 0 Å². The summed E-state index contributed by atoms with van der Waals surface area (Å²) < 4.78 is 12.7. The molecule has 0 bridgehead atoms. The molecule has 1 spiro atoms. The Labute approximate surface area is 157 Å². The lowest BCUT2D eigenvalue weighted by atomic mass is 9.91. The van der Waals surface area contributed by atoms with Gasteiger partial charge in [0.05, 0.1) is 12.5 Å². The molecule has 3 aromatic carbocycles. The number of hydrogen-bond acceptors (Lipinski definition) is 3. The van der Waals surface area contributed by atoms with E-state index in [1.807, 2.05) is 54.6 Å². The van der Waals surface area contributed by atoms with Gasteiger partial charge in [-0.3, -0.25) is 0 Å². The van der Waals surface area contributed by atoms with Crippen LogP contribution in [0.2, 0.25) is 5.02 Å². The molecule has 0 saturated carbocycles. The summed E-state index contributed by atoms with van der Waals surface area (Å²) in [6.45, 7) is 0. The van der Waals surface area contributed by atoms with Gasteiger partial charge in [-0.25, -0.2) is 0 Å². The Balaban J connectivity index is 1.53. The van der Waals surface area contributed by atoms with Gasteiger partial charge in [0, 0.05) is 28.3 Å². The largest absolute Gasteiger partial charge is 0.452 e. The number of hydrogen-bond donors (Lipinski definition) is 1. The maximum Gasteiger partial charge on any atom is 0.257 e. The van der Waals surface area contributed by atoms with Crippen molar-refractivity contribution < 1.29 is 9.47 Å². The Morgan fingerprint density at radius 2 is 1.65 bits per heavy atom. The van der Waals surface area contributed by atoms with Crippen LogP contribution < -0.4 is 14.8 Å². The Morgan fingerprint density at radius 1 is 0.885 bits per heavy atom. The summed E-state index contributed by atoms with van der Waals surface area (Å²) in [6, 6.07) is 24.2. The highest BCUT2D eigenvalue weighted by molar-refractivity contribution is 6.30. The van der Waals surface area contributed by atoms with Crippen LogP contribution in [0.25, 0.3) is 0 Å². The fourth-order valence-corrected chi connectivity index (χ4v) is 4.04. The zero-order valence-electron chi connectivity index (χ0n) is 14.1. The number of ether oxygens (including phenoxy) is 2. The maximum atomic E-state index is 6.36. The third-order valence-electron chi connectivity index (χ3n) is 5.00. The SMILES string of the molecule is Clc1ccc2c(c1)[C@H](Nc1ccccc1)C[C@@]1(Cc3ccccc3O1)O2. The molecule has 2 heterocycles. The predicted octanol–water partition coefficient (Wildman–Crippen LogP) is 5.61. The lowest BCUT2D eigenvalue weighted by Gasteiger charge is -2.39. The van der Waals surface area contributed by atoms with Gasteiger partial charge >= 0.3 is 0 Å². The standard InChI is InChI=1S/C22H18ClNO2/c23-16-10-11-21-18(12-16)19(24-17-7-2-1-3-8-17)14-22(26-21)13-15-6-4-5-9-20(15)25-22/h1-12,19,24H,13-14H2/t19-,22-/m1/s1. The van der Waals surface area contributed by atoms with E-state index in [9.17, 15) is 0 Å². The number of nitrogens with one attached hydrogen (secondary N) is 1. The van der Waals surface area contributed by atoms with E-state index in [1.165, 1.54) is 5.56 Å². The molecule has 0 aliphatic carbocycles.